The van der Waals surface area contributed by atoms with E-state index in [1.165, 1.54) is 5.56 Å². The van der Waals surface area contributed by atoms with E-state index in [0.717, 1.165) is 35.1 Å². The summed E-state index contributed by atoms with van der Waals surface area (Å²) in [6.45, 7) is 0.731. The van der Waals surface area contributed by atoms with Gasteiger partial charge in [0.15, 0.2) is 0 Å². The summed E-state index contributed by atoms with van der Waals surface area (Å²) in [4.78, 5) is 4.25. The van der Waals surface area contributed by atoms with E-state index in [1.54, 1.807) is 16.8 Å². The Labute approximate surface area is 115 Å². The molecule has 2 N–H and O–H groups in total. The topological polar surface area (TPSA) is 48.1 Å². The van der Waals surface area contributed by atoms with Crippen LogP contribution in [0.25, 0.3) is 0 Å². The number of ether oxygens (including phenoxy) is 1. The predicted molar refractivity (Wildman–Crippen MR) is 73.4 cm³/mol. The molecule has 0 saturated heterocycles. The number of rotatable bonds is 3. The Morgan fingerprint density at radius 1 is 1.50 bits per heavy atom. The molecule has 3 rings (SSSR count). The second-order valence-electron chi connectivity index (χ2n) is 4.38. The van der Waals surface area contributed by atoms with Crippen LogP contribution in [-0.2, 0) is 12.8 Å². The molecule has 2 heterocycles. The van der Waals surface area contributed by atoms with Crippen LogP contribution in [0.4, 0.5) is 0 Å². The quantitative estimate of drug-likeness (QED) is 0.940. The van der Waals surface area contributed by atoms with Crippen molar-refractivity contribution in [3.63, 3.8) is 0 Å². The molecule has 0 radical (unpaired) electrons. The molecule has 5 heteroatoms. The zero-order chi connectivity index (χ0) is 12.5. The van der Waals surface area contributed by atoms with Crippen molar-refractivity contribution >= 4 is 22.9 Å². The van der Waals surface area contributed by atoms with Crippen molar-refractivity contribution in [2.75, 3.05) is 6.61 Å². The molecule has 3 nitrogen and oxygen atoms in total. The van der Waals surface area contributed by atoms with Gasteiger partial charge in [0.1, 0.15) is 5.75 Å². The van der Waals surface area contributed by atoms with E-state index in [4.69, 9.17) is 22.1 Å². The molecule has 0 saturated carbocycles. The molecule has 2 aromatic rings. The molecule has 94 valence electrons. The highest BCUT2D eigenvalue weighted by Crippen LogP contribution is 2.34. The van der Waals surface area contributed by atoms with E-state index in [-0.39, 0.29) is 6.04 Å². The number of aromatic nitrogens is 1. The highest BCUT2D eigenvalue weighted by Gasteiger charge is 2.20. The lowest BCUT2D eigenvalue weighted by molar-refractivity contribution is 0.352. The summed E-state index contributed by atoms with van der Waals surface area (Å²) in [5.74, 6) is 0.963. The average Bonchev–Trinajstić information content (AvgIpc) is 2.98. The number of halogens is 1. The molecule has 0 spiro atoms. The Balaban J connectivity index is 1.89. The lowest BCUT2D eigenvalue weighted by Gasteiger charge is -2.13. The second kappa shape index (κ2) is 4.88. The first-order valence-electron chi connectivity index (χ1n) is 5.82. The van der Waals surface area contributed by atoms with E-state index in [2.05, 4.69) is 4.98 Å². The molecule has 1 atom stereocenters. The summed E-state index contributed by atoms with van der Waals surface area (Å²) in [5.41, 5.74) is 11.1. The van der Waals surface area contributed by atoms with Crippen molar-refractivity contribution in [1.29, 1.82) is 0 Å². The van der Waals surface area contributed by atoms with Gasteiger partial charge in [0.05, 0.1) is 23.9 Å². The van der Waals surface area contributed by atoms with Gasteiger partial charge in [-0.05, 0) is 29.7 Å². The Bertz CT molecular complexity index is 556. The molecule has 18 heavy (non-hydrogen) atoms. The van der Waals surface area contributed by atoms with Gasteiger partial charge in [-0.25, -0.2) is 4.98 Å². The van der Waals surface area contributed by atoms with Crippen molar-refractivity contribution in [3.05, 3.63) is 44.9 Å². The lowest BCUT2D eigenvalue weighted by atomic mass is 10.0. The summed E-state index contributed by atoms with van der Waals surface area (Å²) in [5, 5.41) is 2.73. The minimum Gasteiger partial charge on any atom is -0.493 e. The van der Waals surface area contributed by atoms with Crippen LogP contribution < -0.4 is 10.5 Å². The number of benzene rings is 1. The Kier molecular flexibility index (Phi) is 3.24. The normalized spacial score (nSPS) is 15.2. The second-order valence-corrected chi connectivity index (χ2v) is 5.53. The van der Waals surface area contributed by atoms with Crippen LogP contribution in [0, 0.1) is 0 Å². The highest BCUT2D eigenvalue weighted by atomic mass is 35.5. The van der Waals surface area contributed by atoms with Crippen molar-refractivity contribution in [1.82, 2.24) is 4.98 Å². The third-order valence-corrected chi connectivity index (χ3v) is 3.92. The van der Waals surface area contributed by atoms with Gasteiger partial charge in [-0.2, -0.15) is 0 Å². The molecular formula is C13H13ClN2OS. The summed E-state index contributed by atoms with van der Waals surface area (Å²) >= 11 is 7.69. The fourth-order valence-electron chi connectivity index (χ4n) is 2.24. The molecule has 0 amide bonds. The zero-order valence-corrected chi connectivity index (χ0v) is 11.3. The first-order chi connectivity index (χ1) is 8.74. The summed E-state index contributed by atoms with van der Waals surface area (Å²) in [7, 11) is 0. The third-order valence-electron chi connectivity index (χ3n) is 3.10. The molecule has 1 unspecified atom stereocenters. The third kappa shape index (κ3) is 2.23. The monoisotopic (exact) mass is 280 g/mol. The van der Waals surface area contributed by atoms with E-state index >= 15 is 0 Å². The summed E-state index contributed by atoms with van der Waals surface area (Å²) < 4.78 is 5.67. The van der Waals surface area contributed by atoms with Crippen LogP contribution in [0.3, 0.4) is 0 Å². The van der Waals surface area contributed by atoms with Gasteiger partial charge in [-0.1, -0.05) is 11.6 Å². The maximum atomic E-state index is 6.16. The standard InChI is InChI=1S/C13H13ClN2OS/c14-10-3-8-1-2-17-13(8)9(4-10)5-11(15)12-6-18-7-16-12/h3-4,6-7,11H,1-2,5,15H2. The van der Waals surface area contributed by atoms with E-state index in [0.29, 0.717) is 6.42 Å². The first kappa shape index (κ1) is 12.0. The molecule has 1 aliphatic heterocycles. The van der Waals surface area contributed by atoms with Crippen LogP contribution in [0.1, 0.15) is 22.9 Å². The van der Waals surface area contributed by atoms with Crippen molar-refractivity contribution < 1.29 is 4.74 Å². The number of nitrogens with two attached hydrogens (primary N) is 1. The van der Waals surface area contributed by atoms with Gasteiger partial charge in [0, 0.05) is 16.8 Å². The van der Waals surface area contributed by atoms with Gasteiger partial charge in [0.25, 0.3) is 0 Å². The Morgan fingerprint density at radius 2 is 2.39 bits per heavy atom. The Hall–Kier alpha value is -1.10. The largest absolute Gasteiger partial charge is 0.493 e. The fourth-order valence-corrected chi connectivity index (χ4v) is 3.13. The average molecular weight is 281 g/mol. The van der Waals surface area contributed by atoms with Gasteiger partial charge in [-0.3, -0.25) is 0 Å². The van der Waals surface area contributed by atoms with E-state index in [1.807, 2.05) is 17.5 Å². The highest BCUT2D eigenvalue weighted by molar-refractivity contribution is 7.07. The number of fused-ring (bicyclic) bond motifs is 1. The zero-order valence-electron chi connectivity index (χ0n) is 9.73. The fraction of sp³-hybridized carbons (Fsp3) is 0.308. The summed E-state index contributed by atoms with van der Waals surface area (Å²) in [6, 6.07) is 3.81. The number of thiazole rings is 1. The van der Waals surface area contributed by atoms with Crippen molar-refractivity contribution in [2.24, 2.45) is 5.73 Å². The minimum atomic E-state index is -0.108. The molecule has 1 aromatic carbocycles. The van der Waals surface area contributed by atoms with Gasteiger partial charge in [-0.15, -0.1) is 11.3 Å². The summed E-state index contributed by atoms with van der Waals surface area (Å²) in [6.07, 6.45) is 1.63. The molecule has 0 bridgehead atoms. The molecule has 1 aliphatic rings. The number of hydrogen-bond acceptors (Lipinski definition) is 4. The minimum absolute atomic E-state index is 0.108. The van der Waals surface area contributed by atoms with Gasteiger partial charge >= 0.3 is 0 Å². The van der Waals surface area contributed by atoms with Crippen LogP contribution >= 0.6 is 22.9 Å². The Morgan fingerprint density at radius 3 is 3.17 bits per heavy atom. The number of nitrogens with zero attached hydrogens (tertiary/aromatic N) is 1. The maximum Gasteiger partial charge on any atom is 0.125 e. The van der Waals surface area contributed by atoms with Gasteiger partial charge < -0.3 is 10.5 Å². The van der Waals surface area contributed by atoms with Crippen LogP contribution in [0.2, 0.25) is 5.02 Å². The van der Waals surface area contributed by atoms with Crippen LogP contribution in [0.5, 0.6) is 5.75 Å². The van der Waals surface area contributed by atoms with Gasteiger partial charge in [0.2, 0.25) is 0 Å². The molecular weight excluding hydrogens is 268 g/mol. The maximum absolute atomic E-state index is 6.16. The van der Waals surface area contributed by atoms with E-state index < -0.39 is 0 Å². The molecule has 0 fully saturated rings. The smallest absolute Gasteiger partial charge is 0.125 e. The predicted octanol–water partition coefficient (Wildman–Crippen LogP) is 2.97. The van der Waals surface area contributed by atoms with Crippen LogP contribution in [-0.4, -0.2) is 11.6 Å². The van der Waals surface area contributed by atoms with Crippen molar-refractivity contribution in [2.45, 2.75) is 18.9 Å². The lowest BCUT2D eigenvalue weighted by Crippen LogP contribution is -2.14. The van der Waals surface area contributed by atoms with E-state index in [9.17, 15) is 0 Å². The molecule has 1 aromatic heterocycles. The number of hydrogen-bond donors (Lipinski definition) is 1. The van der Waals surface area contributed by atoms with Crippen molar-refractivity contribution in [3.8, 4) is 5.75 Å². The van der Waals surface area contributed by atoms with Crippen LogP contribution in [0.15, 0.2) is 23.0 Å². The molecule has 0 aliphatic carbocycles. The SMILES string of the molecule is NC(Cc1cc(Cl)cc2c1OCC2)c1cscn1. The first-order valence-corrected chi connectivity index (χ1v) is 7.14.